The minimum atomic E-state index is -4.47. The first kappa shape index (κ1) is 16.9. The number of nitrogens with one attached hydrogen (secondary N) is 1. The molecular formula is C14H15ClF3NO3. The predicted molar refractivity (Wildman–Crippen MR) is 75.2 cm³/mol. The van der Waals surface area contributed by atoms with E-state index in [-0.39, 0.29) is 28.3 Å². The van der Waals surface area contributed by atoms with Gasteiger partial charge in [0.15, 0.2) is 6.61 Å². The number of ether oxygens (including phenoxy) is 2. The third kappa shape index (κ3) is 5.06. The number of amides is 1. The highest BCUT2D eigenvalue weighted by Crippen LogP contribution is 2.30. The molecular weight excluding hydrogens is 323 g/mol. The average molecular weight is 338 g/mol. The first-order valence-corrected chi connectivity index (χ1v) is 7.10. The van der Waals surface area contributed by atoms with E-state index < -0.39 is 12.8 Å². The Balaban J connectivity index is 2.07. The van der Waals surface area contributed by atoms with Crippen LogP contribution in [0.4, 0.5) is 18.9 Å². The largest absolute Gasteiger partial charge is 0.482 e. The lowest BCUT2D eigenvalue weighted by Crippen LogP contribution is -2.30. The van der Waals surface area contributed by atoms with Gasteiger partial charge >= 0.3 is 6.18 Å². The number of benzene rings is 1. The first-order chi connectivity index (χ1) is 10.3. The Labute approximate surface area is 130 Å². The monoisotopic (exact) mass is 337 g/mol. The van der Waals surface area contributed by atoms with E-state index in [1.165, 1.54) is 18.2 Å². The SMILES string of the molecule is O=C(Nc1ccc(Cl)cc1OCC(F)(F)F)[C@H]1CCCOC1. The molecule has 1 fully saturated rings. The van der Waals surface area contributed by atoms with Gasteiger partial charge in [-0.25, -0.2) is 0 Å². The van der Waals surface area contributed by atoms with E-state index in [9.17, 15) is 18.0 Å². The zero-order valence-corrected chi connectivity index (χ0v) is 12.3. The maximum absolute atomic E-state index is 12.3. The van der Waals surface area contributed by atoms with Gasteiger partial charge in [-0.3, -0.25) is 4.79 Å². The summed E-state index contributed by atoms with van der Waals surface area (Å²) in [6, 6.07) is 4.12. The molecule has 0 saturated carbocycles. The maximum atomic E-state index is 12.3. The lowest BCUT2D eigenvalue weighted by molar-refractivity contribution is -0.153. The summed E-state index contributed by atoms with van der Waals surface area (Å²) in [4.78, 5) is 12.1. The van der Waals surface area contributed by atoms with Crippen molar-refractivity contribution in [2.75, 3.05) is 25.1 Å². The number of halogens is 4. The third-order valence-corrected chi connectivity index (χ3v) is 3.36. The molecule has 1 atom stereocenters. The van der Waals surface area contributed by atoms with Crippen molar-refractivity contribution in [2.45, 2.75) is 19.0 Å². The number of hydrogen-bond donors (Lipinski definition) is 1. The molecule has 2 rings (SSSR count). The van der Waals surface area contributed by atoms with Gasteiger partial charge in [-0.2, -0.15) is 13.2 Å². The molecule has 0 spiro atoms. The summed E-state index contributed by atoms with van der Waals surface area (Å²) in [7, 11) is 0. The van der Waals surface area contributed by atoms with Crippen LogP contribution in [0.2, 0.25) is 5.02 Å². The number of rotatable bonds is 4. The number of anilines is 1. The Morgan fingerprint density at radius 3 is 2.86 bits per heavy atom. The normalized spacial score (nSPS) is 18.8. The standard InChI is InChI=1S/C14H15ClF3NO3/c15-10-3-4-11(12(6-10)22-8-14(16,17)18)19-13(20)9-2-1-5-21-7-9/h3-4,6,9H,1-2,5,7-8H2,(H,19,20)/t9-/m0/s1. The number of hydrogen-bond acceptors (Lipinski definition) is 3. The Kier molecular flexibility index (Phi) is 5.52. The second-order valence-electron chi connectivity index (χ2n) is 4.95. The minimum absolute atomic E-state index is 0.116. The quantitative estimate of drug-likeness (QED) is 0.912. The van der Waals surface area contributed by atoms with Crippen molar-refractivity contribution in [1.82, 2.24) is 0 Å². The fourth-order valence-electron chi connectivity index (χ4n) is 2.06. The van der Waals surface area contributed by atoms with E-state index in [4.69, 9.17) is 21.1 Å². The molecule has 1 aromatic carbocycles. The fourth-order valence-corrected chi connectivity index (χ4v) is 2.22. The van der Waals surface area contributed by atoms with E-state index in [0.717, 1.165) is 6.42 Å². The van der Waals surface area contributed by atoms with Gasteiger partial charge in [0.25, 0.3) is 0 Å². The molecule has 1 amide bonds. The van der Waals surface area contributed by atoms with Crippen molar-refractivity contribution in [3.8, 4) is 5.75 Å². The Morgan fingerprint density at radius 1 is 1.45 bits per heavy atom. The molecule has 1 aliphatic rings. The molecule has 1 aromatic rings. The van der Waals surface area contributed by atoms with Crippen LogP contribution in [-0.4, -0.2) is 31.9 Å². The van der Waals surface area contributed by atoms with Crippen molar-refractivity contribution >= 4 is 23.2 Å². The van der Waals surface area contributed by atoms with Gasteiger partial charge in [0, 0.05) is 17.7 Å². The summed E-state index contributed by atoms with van der Waals surface area (Å²) >= 11 is 5.76. The number of alkyl halides is 3. The van der Waals surface area contributed by atoms with Gasteiger partial charge < -0.3 is 14.8 Å². The van der Waals surface area contributed by atoms with Crippen LogP contribution in [0.1, 0.15) is 12.8 Å². The molecule has 1 heterocycles. The summed E-state index contributed by atoms with van der Waals surface area (Å²) in [6.07, 6.45) is -3.02. The molecule has 1 saturated heterocycles. The fraction of sp³-hybridized carbons (Fsp3) is 0.500. The Morgan fingerprint density at radius 2 is 2.23 bits per heavy atom. The first-order valence-electron chi connectivity index (χ1n) is 6.73. The molecule has 1 N–H and O–H groups in total. The van der Waals surface area contributed by atoms with Crippen LogP contribution in [0.3, 0.4) is 0 Å². The highest BCUT2D eigenvalue weighted by molar-refractivity contribution is 6.30. The van der Waals surface area contributed by atoms with Gasteiger partial charge in [0.2, 0.25) is 5.91 Å². The van der Waals surface area contributed by atoms with Crippen molar-refractivity contribution in [3.63, 3.8) is 0 Å². The predicted octanol–water partition coefficient (Wildman–Crippen LogP) is 3.65. The Hall–Kier alpha value is -1.47. The molecule has 0 aromatic heterocycles. The van der Waals surface area contributed by atoms with Gasteiger partial charge in [0.05, 0.1) is 18.2 Å². The van der Waals surface area contributed by atoms with E-state index in [1.807, 2.05) is 0 Å². The highest BCUT2D eigenvalue weighted by atomic mass is 35.5. The molecule has 0 radical (unpaired) electrons. The zero-order chi connectivity index (χ0) is 16.2. The van der Waals surface area contributed by atoms with Crippen LogP contribution < -0.4 is 10.1 Å². The lowest BCUT2D eigenvalue weighted by atomic mass is 10.0. The van der Waals surface area contributed by atoms with Crippen LogP contribution in [0.15, 0.2) is 18.2 Å². The molecule has 122 valence electrons. The molecule has 0 aliphatic carbocycles. The molecule has 0 unspecified atom stereocenters. The molecule has 8 heteroatoms. The van der Waals surface area contributed by atoms with Crippen molar-refractivity contribution < 1.29 is 27.4 Å². The van der Waals surface area contributed by atoms with Gasteiger partial charge in [-0.1, -0.05) is 11.6 Å². The summed E-state index contributed by atoms with van der Waals surface area (Å²) in [5.74, 6) is -0.742. The summed E-state index contributed by atoms with van der Waals surface area (Å²) in [6.45, 7) is -0.536. The summed E-state index contributed by atoms with van der Waals surface area (Å²) in [5, 5.41) is 2.79. The van der Waals surface area contributed by atoms with E-state index in [0.29, 0.717) is 19.6 Å². The molecule has 4 nitrogen and oxygen atoms in total. The maximum Gasteiger partial charge on any atom is 0.422 e. The van der Waals surface area contributed by atoms with Gasteiger partial charge in [0.1, 0.15) is 5.75 Å². The minimum Gasteiger partial charge on any atom is -0.482 e. The molecule has 0 bridgehead atoms. The topological polar surface area (TPSA) is 47.6 Å². The van der Waals surface area contributed by atoms with Crippen LogP contribution >= 0.6 is 11.6 Å². The molecule has 22 heavy (non-hydrogen) atoms. The van der Waals surface area contributed by atoms with Crippen molar-refractivity contribution in [2.24, 2.45) is 5.92 Å². The summed E-state index contributed by atoms with van der Waals surface area (Å²) < 4.78 is 46.7. The van der Waals surface area contributed by atoms with Crippen LogP contribution in [-0.2, 0) is 9.53 Å². The zero-order valence-electron chi connectivity index (χ0n) is 11.6. The molecule has 1 aliphatic heterocycles. The third-order valence-electron chi connectivity index (χ3n) is 3.12. The van der Waals surface area contributed by atoms with Crippen molar-refractivity contribution in [1.29, 1.82) is 0 Å². The van der Waals surface area contributed by atoms with E-state index >= 15 is 0 Å². The second-order valence-corrected chi connectivity index (χ2v) is 5.38. The smallest absolute Gasteiger partial charge is 0.422 e. The van der Waals surface area contributed by atoms with Gasteiger partial charge in [-0.15, -0.1) is 0 Å². The second kappa shape index (κ2) is 7.19. The Bertz CT molecular complexity index is 531. The van der Waals surface area contributed by atoms with Crippen LogP contribution in [0, 0.1) is 5.92 Å². The van der Waals surface area contributed by atoms with Crippen molar-refractivity contribution in [3.05, 3.63) is 23.2 Å². The van der Waals surface area contributed by atoms with Crippen LogP contribution in [0.25, 0.3) is 0 Å². The van der Waals surface area contributed by atoms with Crippen LogP contribution in [0.5, 0.6) is 5.75 Å². The number of carbonyl (C=O) groups excluding carboxylic acids is 1. The average Bonchev–Trinajstić information content (AvgIpc) is 2.47. The van der Waals surface area contributed by atoms with E-state index in [2.05, 4.69) is 5.32 Å². The van der Waals surface area contributed by atoms with E-state index in [1.54, 1.807) is 0 Å². The summed E-state index contributed by atoms with van der Waals surface area (Å²) in [5.41, 5.74) is 0.157. The van der Waals surface area contributed by atoms with Gasteiger partial charge in [-0.05, 0) is 25.0 Å². The highest BCUT2D eigenvalue weighted by Gasteiger charge is 2.29. The number of carbonyl (C=O) groups is 1. The lowest BCUT2D eigenvalue weighted by Gasteiger charge is -2.22.